The van der Waals surface area contributed by atoms with Gasteiger partial charge in [-0.25, -0.2) is 4.98 Å². The van der Waals surface area contributed by atoms with Crippen LogP contribution in [0.2, 0.25) is 0 Å². The monoisotopic (exact) mass is 230 g/mol. The van der Waals surface area contributed by atoms with Crippen LogP contribution in [-0.2, 0) is 6.42 Å². The number of aromatic nitrogens is 2. The number of ether oxygens (including phenoxy) is 1. The van der Waals surface area contributed by atoms with Crippen LogP contribution in [0.3, 0.4) is 0 Å². The highest BCUT2D eigenvalue weighted by atomic mass is 16.5. The topological polar surface area (TPSA) is 54.5 Å². The number of nitrogens with zero attached hydrogens (tertiary/aromatic N) is 1. The van der Waals surface area contributed by atoms with Gasteiger partial charge in [-0.05, 0) is 12.1 Å². The molecule has 3 rings (SSSR count). The number of fused-ring (bicyclic) bond motifs is 1. The Hall–Kier alpha value is -1.81. The maximum Gasteiger partial charge on any atom is 0.156 e. The molecular formula is C13H16N3O+. The molecule has 0 radical (unpaired) electrons. The van der Waals surface area contributed by atoms with E-state index in [4.69, 9.17) is 4.74 Å². The number of nitrogens with two attached hydrogens (primary N) is 1. The molecule has 1 atom stereocenters. The number of methoxy groups -OCH3 is 1. The van der Waals surface area contributed by atoms with E-state index in [-0.39, 0.29) is 0 Å². The average molecular weight is 230 g/mol. The molecular weight excluding hydrogens is 214 g/mol. The molecule has 0 aliphatic carbocycles. The summed E-state index contributed by atoms with van der Waals surface area (Å²) in [5.41, 5.74) is 3.67. The zero-order valence-electron chi connectivity index (χ0n) is 9.81. The van der Waals surface area contributed by atoms with Crippen molar-refractivity contribution in [2.75, 3.05) is 13.7 Å². The SMILES string of the molecule is COc1cccc([C@@H]2[NH2+]CCc3[nH]cnc32)c1. The molecule has 1 aliphatic heterocycles. The predicted molar refractivity (Wildman–Crippen MR) is 63.9 cm³/mol. The number of rotatable bonds is 2. The highest BCUT2D eigenvalue weighted by Gasteiger charge is 2.27. The Kier molecular flexibility index (Phi) is 2.57. The van der Waals surface area contributed by atoms with E-state index >= 15 is 0 Å². The molecule has 0 saturated heterocycles. The second-order valence-electron chi connectivity index (χ2n) is 4.29. The molecule has 1 aromatic heterocycles. The van der Waals surface area contributed by atoms with Gasteiger partial charge in [0.25, 0.3) is 0 Å². The Morgan fingerprint density at radius 1 is 1.47 bits per heavy atom. The zero-order valence-corrected chi connectivity index (χ0v) is 9.81. The van der Waals surface area contributed by atoms with Gasteiger partial charge in [0.2, 0.25) is 0 Å². The summed E-state index contributed by atoms with van der Waals surface area (Å²) in [5, 5.41) is 2.33. The molecule has 2 aromatic rings. The molecule has 0 spiro atoms. The molecule has 1 aliphatic rings. The fraction of sp³-hybridized carbons (Fsp3) is 0.308. The van der Waals surface area contributed by atoms with Gasteiger partial charge in [-0.2, -0.15) is 0 Å². The number of H-pyrrole nitrogens is 1. The Bertz CT molecular complexity index is 521. The van der Waals surface area contributed by atoms with E-state index in [2.05, 4.69) is 27.4 Å². The van der Waals surface area contributed by atoms with Gasteiger partial charge in [0.1, 0.15) is 11.4 Å². The van der Waals surface area contributed by atoms with Crippen LogP contribution >= 0.6 is 0 Å². The fourth-order valence-electron chi connectivity index (χ4n) is 2.43. The third-order valence-electron chi connectivity index (χ3n) is 3.30. The van der Waals surface area contributed by atoms with Gasteiger partial charge in [-0.1, -0.05) is 12.1 Å². The number of nitrogens with one attached hydrogen (secondary N) is 1. The van der Waals surface area contributed by atoms with E-state index in [0.29, 0.717) is 6.04 Å². The molecule has 0 bridgehead atoms. The van der Waals surface area contributed by atoms with E-state index < -0.39 is 0 Å². The minimum atomic E-state index is 0.292. The predicted octanol–water partition coefficient (Wildman–Crippen LogP) is 0.627. The van der Waals surface area contributed by atoms with E-state index in [9.17, 15) is 0 Å². The summed E-state index contributed by atoms with van der Waals surface area (Å²) in [5.74, 6) is 0.901. The molecule has 1 aromatic carbocycles. The average Bonchev–Trinajstić information content (AvgIpc) is 2.87. The quantitative estimate of drug-likeness (QED) is 0.795. The van der Waals surface area contributed by atoms with Gasteiger partial charge in [-0.3, -0.25) is 0 Å². The number of aromatic amines is 1. The number of quaternary nitrogens is 1. The second-order valence-corrected chi connectivity index (χ2v) is 4.29. The van der Waals surface area contributed by atoms with Crippen molar-refractivity contribution in [2.45, 2.75) is 12.5 Å². The van der Waals surface area contributed by atoms with Crippen LogP contribution in [0.4, 0.5) is 0 Å². The van der Waals surface area contributed by atoms with Gasteiger partial charge in [0, 0.05) is 17.7 Å². The van der Waals surface area contributed by atoms with Crippen LogP contribution in [0.15, 0.2) is 30.6 Å². The van der Waals surface area contributed by atoms with Crippen molar-refractivity contribution in [3.63, 3.8) is 0 Å². The highest BCUT2D eigenvalue weighted by molar-refractivity contribution is 5.34. The van der Waals surface area contributed by atoms with Crippen molar-refractivity contribution in [3.8, 4) is 5.75 Å². The molecule has 4 heteroatoms. The molecule has 2 heterocycles. The van der Waals surface area contributed by atoms with Crippen molar-refractivity contribution >= 4 is 0 Å². The Morgan fingerprint density at radius 2 is 2.41 bits per heavy atom. The van der Waals surface area contributed by atoms with Crippen molar-refractivity contribution in [2.24, 2.45) is 0 Å². The van der Waals surface area contributed by atoms with Crippen LogP contribution in [0.25, 0.3) is 0 Å². The first-order chi connectivity index (χ1) is 8.38. The lowest BCUT2D eigenvalue weighted by molar-refractivity contribution is -0.690. The van der Waals surface area contributed by atoms with Gasteiger partial charge in [-0.15, -0.1) is 0 Å². The van der Waals surface area contributed by atoms with Crippen molar-refractivity contribution in [1.82, 2.24) is 9.97 Å². The summed E-state index contributed by atoms with van der Waals surface area (Å²) >= 11 is 0. The van der Waals surface area contributed by atoms with Gasteiger partial charge < -0.3 is 15.0 Å². The van der Waals surface area contributed by atoms with E-state index in [1.165, 1.54) is 11.3 Å². The summed E-state index contributed by atoms with van der Waals surface area (Å²) in [4.78, 5) is 7.67. The Labute approximate surface area is 100 Å². The highest BCUT2D eigenvalue weighted by Crippen LogP contribution is 2.24. The molecule has 17 heavy (non-hydrogen) atoms. The van der Waals surface area contributed by atoms with Crippen molar-refractivity contribution < 1.29 is 10.1 Å². The molecule has 3 N–H and O–H groups in total. The molecule has 0 unspecified atom stereocenters. The van der Waals surface area contributed by atoms with E-state index in [1.54, 1.807) is 13.4 Å². The largest absolute Gasteiger partial charge is 0.497 e. The first-order valence-electron chi connectivity index (χ1n) is 5.88. The van der Waals surface area contributed by atoms with Gasteiger partial charge >= 0.3 is 0 Å². The molecule has 88 valence electrons. The van der Waals surface area contributed by atoms with Crippen LogP contribution in [0, 0.1) is 0 Å². The first-order valence-corrected chi connectivity index (χ1v) is 5.88. The third kappa shape index (κ3) is 1.80. The number of hydrogen-bond acceptors (Lipinski definition) is 2. The van der Waals surface area contributed by atoms with Crippen LogP contribution in [0.5, 0.6) is 5.75 Å². The minimum Gasteiger partial charge on any atom is -0.497 e. The third-order valence-corrected chi connectivity index (χ3v) is 3.30. The Morgan fingerprint density at radius 3 is 3.29 bits per heavy atom. The van der Waals surface area contributed by atoms with Crippen molar-refractivity contribution in [1.29, 1.82) is 0 Å². The van der Waals surface area contributed by atoms with Crippen molar-refractivity contribution in [3.05, 3.63) is 47.5 Å². The van der Waals surface area contributed by atoms with Gasteiger partial charge in [0.05, 0.1) is 20.0 Å². The van der Waals surface area contributed by atoms with E-state index in [1.807, 2.05) is 12.1 Å². The normalized spacial score (nSPS) is 18.8. The smallest absolute Gasteiger partial charge is 0.156 e. The standard InChI is InChI=1S/C13H15N3O/c1-17-10-4-2-3-9(7-10)12-13-11(5-6-14-12)15-8-16-13/h2-4,7-8,12,14H,5-6H2,1H3,(H,15,16)/p+1/t12-/m0/s1. The number of benzene rings is 1. The molecule has 0 amide bonds. The molecule has 0 fully saturated rings. The van der Waals surface area contributed by atoms with Gasteiger partial charge in [0.15, 0.2) is 6.04 Å². The van der Waals surface area contributed by atoms with E-state index in [0.717, 1.165) is 24.4 Å². The number of hydrogen-bond donors (Lipinski definition) is 2. The Balaban J connectivity index is 2.00. The second kappa shape index (κ2) is 4.22. The van der Waals surface area contributed by atoms with Crippen LogP contribution in [-0.4, -0.2) is 23.6 Å². The summed E-state index contributed by atoms with van der Waals surface area (Å²) in [6.45, 7) is 1.09. The summed E-state index contributed by atoms with van der Waals surface area (Å²) in [7, 11) is 1.70. The summed E-state index contributed by atoms with van der Waals surface area (Å²) in [6, 6.07) is 8.51. The lowest BCUT2D eigenvalue weighted by Crippen LogP contribution is -2.87. The zero-order chi connectivity index (χ0) is 11.7. The lowest BCUT2D eigenvalue weighted by atomic mass is 9.98. The maximum atomic E-state index is 5.27. The molecule has 0 saturated carbocycles. The van der Waals surface area contributed by atoms with Crippen LogP contribution < -0.4 is 10.1 Å². The maximum absolute atomic E-state index is 5.27. The fourth-order valence-corrected chi connectivity index (χ4v) is 2.43. The van der Waals surface area contributed by atoms with Crippen LogP contribution in [0.1, 0.15) is 23.0 Å². The number of imidazole rings is 1. The minimum absolute atomic E-state index is 0.292. The lowest BCUT2D eigenvalue weighted by Gasteiger charge is -2.20. The summed E-state index contributed by atoms with van der Waals surface area (Å²) in [6.07, 6.45) is 2.85. The summed E-state index contributed by atoms with van der Waals surface area (Å²) < 4.78 is 5.27. The molecule has 4 nitrogen and oxygen atoms in total. The first kappa shape index (κ1) is 10.4.